The van der Waals surface area contributed by atoms with Crippen LogP contribution in [-0.2, 0) is 10.2 Å². The lowest BCUT2D eigenvalue weighted by Crippen LogP contribution is -2.42. The number of aromatic nitrogens is 1. The molecule has 0 aliphatic heterocycles. The van der Waals surface area contributed by atoms with Crippen LogP contribution in [0.2, 0.25) is 0 Å². The van der Waals surface area contributed by atoms with E-state index in [0.29, 0.717) is 0 Å². The molecule has 15 heavy (non-hydrogen) atoms. The molecule has 1 saturated carbocycles. The van der Waals surface area contributed by atoms with E-state index in [-0.39, 0.29) is 5.41 Å². The lowest BCUT2D eigenvalue weighted by Gasteiger charge is -2.19. The van der Waals surface area contributed by atoms with Crippen LogP contribution in [0, 0.1) is 6.92 Å². The molecule has 1 heterocycles. The quantitative estimate of drug-likeness (QED) is 0.768. The smallest absolute Gasteiger partial charge is 0.321 e. The van der Waals surface area contributed by atoms with Crippen molar-refractivity contribution in [3.63, 3.8) is 0 Å². The minimum atomic E-state index is -0.937. The van der Waals surface area contributed by atoms with Crippen LogP contribution < -0.4 is 5.73 Å². The Balaban J connectivity index is 2.30. The van der Waals surface area contributed by atoms with E-state index in [4.69, 9.17) is 10.8 Å². The molecule has 0 saturated heterocycles. The van der Waals surface area contributed by atoms with Gasteiger partial charge in [0.25, 0.3) is 0 Å². The molecule has 4 heteroatoms. The Morgan fingerprint density at radius 3 is 2.67 bits per heavy atom. The number of nitrogens with zero attached hydrogens (tertiary/aromatic N) is 1. The van der Waals surface area contributed by atoms with Crippen LogP contribution in [0.25, 0.3) is 0 Å². The first-order valence-electron chi connectivity index (χ1n) is 4.98. The highest BCUT2D eigenvalue weighted by atomic mass is 16.4. The SMILES string of the molecule is Cc1ccc(C2(C(N)C(=O)O)CC2)cn1. The summed E-state index contributed by atoms with van der Waals surface area (Å²) in [5.41, 5.74) is 7.21. The van der Waals surface area contributed by atoms with Gasteiger partial charge in [-0.2, -0.15) is 0 Å². The number of carboxylic acid groups (broad SMARTS) is 1. The standard InChI is InChI=1S/C11H14N2O2/c1-7-2-3-8(6-13-7)11(4-5-11)9(12)10(14)15/h2-3,6,9H,4-5,12H2,1H3,(H,14,15). The Morgan fingerprint density at radius 2 is 2.27 bits per heavy atom. The molecule has 0 amide bonds. The van der Waals surface area contributed by atoms with Crippen molar-refractivity contribution in [3.05, 3.63) is 29.6 Å². The Morgan fingerprint density at radius 1 is 1.60 bits per heavy atom. The van der Waals surface area contributed by atoms with Gasteiger partial charge in [-0.1, -0.05) is 6.07 Å². The number of aliphatic carboxylic acids is 1. The molecule has 1 unspecified atom stereocenters. The van der Waals surface area contributed by atoms with Gasteiger partial charge in [0.1, 0.15) is 6.04 Å². The fourth-order valence-corrected chi connectivity index (χ4v) is 1.91. The summed E-state index contributed by atoms with van der Waals surface area (Å²) in [6, 6.07) is 3.00. The first kappa shape index (κ1) is 10.1. The van der Waals surface area contributed by atoms with E-state index in [1.807, 2.05) is 19.1 Å². The molecule has 0 aromatic carbocycles. The second-order valence-corrected chi connectivity index (χ2v) is 4.16. The van der Waals surface area contributed by atoms with Gasteiger partial charge in [-0.15, -0.1) is 0 Å². The third-order valence-electron chi connectivity index (χ3n) is 3.14. The molecule has 1 atom stereocenters. The molecule has 0 radical (unpaired) electrons. The number of carboxylic acids is 1. The number of hydrogen-bond donors (Lipinski definition) is 2. The Labute approximate surface area is 88.1 Å². The molecule has 0 bridgehead atoms. The van der Waals surface area contributed by atoms with Crippen LogP contribution in [-0.4, -0.2) is 22.1 Å². The maximum atomic E-state index is 10.9. The second kappa shape index (κ2) is 3.31. The molecule has 0 spiro atoms. The van der Waals surface area contributed by atoms with Crippen molar-refractivity contribution in [1.82, 2.24) is 4.98 Å². The van der Waals surface area contributed by atoms with E-state index in [2.05, 4.69) is 4.98 Å². The number of rotatable bonds is 3. The van der Waals surface area contributed by atoms with Crippen LogP contribution in [0.3, 0.4) is 0 Å². The summed E-state index contributed by atoms with van der Waals surface area (Å²) in [7, 11) is 0. The van der Waals surface area contributed by atoms with Crippen molar-refractivity contribution >= 4 is 5.97 Å². The molecule has 1 aromatic rings. The van der Waals surface area contributed by atoms with Gasteiger partial charge in [0.2, 0.25) is 0 Å². The molecule has 1 aromatic heterocycles. The molecule has 1 aliphatic carbocycles. The zero-order valence-electron chi connectivity index (χ0n) is 8.60. The van der Waals surface area contributed by atoms with Crippen LogP contribution in [0.15, 0.2) is 18.3 Å². The summed E-state index contributed by atoms with van der Waals surface area (Å²) in [6.45, 7) is 1.90. The van der Waals surface area contributed by atoms with Gasteiger partial charge < -0.3 is 10.8 Å². The first-order valence-corrected chi connectivity index (χ1v) is 4.98. The van der Waals surface area contributed by atoms with Crippen LogP contribution in [0.1, 0.15) is 24.1 Å². The van der Waals surface area contributed by atoms with E-state index in [1.165, 1.54) is 0 Å². The molecular weight excluding hydrogens is 192 g/mol. The topological polar surface area (TPSA) is 76.2 Å². The zero-order valence-corrected chi connectivity index (χ0v) is 8.60. The Bertz CT molecular complexity index is 382. The molecule has 1 fully saturated rings. The summed E-state index contributed by atoms with van der Waals surface area (Å²) in [5.74, 6) is -0.937. The van der Waals surface area contributed by atoms with Crippen molar-refractivity contribution < 1.29 is 9.90 Å². The Kier molecular flexibility index (Phi) is 2.23. The maximum Gasteiger partial charge on any atom is 0.321 e. The maximum absolute atomic E-state index is 10.9. The highest BCUT2D eigenvalue weighted by Gasteiger charge is 2.52. The fraction of sp³-hybridized carbons (Fsp3) is 0.455. The highest BCUT2D eigenvalue weighted by Crippen LogP contribution is 2.50. The lowest BCUT2D eigenvalue weighted by atomic mass is 9.89. The summed E-state index contributed by atoms with van der Waals surface area (Å²) in [5, 5.41) is 8.93. The van der Waals surface area contributed by atoms with Crippen molar-refractivity contribution in [1.29, 1.82) is 0 Å². The lowest BCUT2D eigenvalue weighted by molar-refractivity contribution is -0.139. The van der Waals surface area contributed by atoms with Gasteiger partial charge in [0, 0.05) is 17.3 Å². The van der Waals surface area contributed by atoms with E-state index in [0.717, 1.165) is 24.1 Å². The molecule has 80 valence electrons. The number of hydrogen-bond acceptors (Lipinski definition) is 3. The average molecular weight is 206 g/mol. The molecule has 4 nitrogen and oxygen atoms in total. The van der Waals surface area contributed by atoms with E-state index >= 15 is 0 Å². The predicted molar refractivity (Wildman–Crippen MR) is 55.5 cm³/mol. The normalized spacial score (nSPS) is 19.6. The third kappa shape index (κ3) is 1.61. The van der Waals surface area contributed by atoms with E-state index < -0.39 is 12.0 Å². The average Bonchev–Trinajstić information content (AvgIpc) is 2.99. The summed E-state index contributed by atoms with van der Waals surface area (Å²) in [4.78, 5) is 15.1. The minimum Gasteiger partial charge on any atom is -0.480 e. The van der Waals surface area contributed by atoms with Gasteiger partial charge in [-0.05, 0) is 31.4 Å². The van der Waals surface area contributed by atoms with Crippen molar-refractivity contribution in [2.45, 2.75) is 31.2 Å². The van der Waals surface area contributed by atoms with Gasteiger partial charge in [0.05, 0.1) is 0 Å². The number of carbonyl (C=O) groups is 1. The molecule has 2 rings (SSSR count). The third-order valence-corrected chi connectivity index (χ3v) is 3.14. The molecule has 3 N–H and O–H groups in total. The van der Waals surface area contributed by atoms with E-state index in [1.54, 1.807) is 6.20 Å². The number of pyridine rings is 1. The van der Waals surface area contributed by atoms with Gasteiger partial charge >= 0.3 is 5.97 Å². The van der Waals surface area contributed by atoms with Crippen molar-refractivity contribution in [3.8, 4) is 0 Å². The fourth-order valence-electron chi connectivity index (χ4n) is 1.91. The molecular formula is C11H14N2O2. The number of nitrogens with two attached hydrogens (primary N) is 1. The monoisotopic (exact) mass is 206 g/mol. The summed E-state index contributed by atoms with van der Waals surface area (Å²) in [6.07, 6.45) is 3.42. The van der Waals surface area contributed by atoms with Gasteiger partial charge in [-0.25, -0.2) is 0 Å². The first-order chi connectivity index (χ1) is 7.06. The van der Waals surface area contributed by atoms with Gasteiger partial charge in [-0.3, -0.25) is 9.78 Å². The van der Waals surface area contributed by atoms with Gasteiger partial charge in [0.15, 0.2) is 0 Å². The van der Waals surface area contributed by atoms with Crippen molar-refractivity contribution in [2.24, 2.45) is 5.73 Å². The van der Waals surface area contributed by atoms with Crippen LogP contribution >= 0.6 is 0 Å². The largest absolute Gasteiger partial charge is 0.480 e. The van der Waals surface area contributed by atoms with Crippen LogP contribution in [0.5, 0.6) is 0 Å². The minimum absolute atomic E-state index is 0.369. The van der Waals surface area contributed by atoms with Crippen molar-refractivity contribution in [2.75, 3.05) is 0 Å². The second-order valence-electron chi connectivity index (χ2n) is 4.16. The number of aryl methyl sites for hydroxylation is 1. The Hall–Kier alpha value is -1.42. The summed E-state index contributed by atoms with van der Waals surface area (Å²) < 4.78 is 0. The zero-order chi connectivity index (χ0) is 11.1. The summed E-state index contributed by atoms with van der Waals surface area (Å²) >= 11 is 0. The van der Waals surface area contributed by atoms with Crippen LogP contribution in [0.4, 0.5) is 0 Å². The highest BCUT2D eigenvalue weighted by molar-refractivity contribution is 5.76. The van der Waals surface area contributed by atoms with E-state index in [9.17, 15) is 4.79 Å². The predicted octanol–water partition coefficient (Wildman–Crippen LogP) is 0.834. The molecule has 1 aliphatic rings.